The summed E-state index contributed by atoms with van der Waals surface area (Å²) in [6.07, 6.45) is 5.10. The van der Waals surface area contributed by atoms with Gasteiger partial charge >= 0.3 is 0 Å². The number of halogens is 2. The van der Waals surface area contributed by atoms with E-state index in [4.69, 9.17) is 0 Å². The maximum Gasteiger partial charge on any atom is 0.227 e. The predicted octanol–water partition coefficient (Wildman–Crippen LogP) is 1.49. The van der Waals surface area contributed by atoms with E-state index >= 15 is 0 Å². The van der Waals surface area contributed by atoms with Crippen LogP contribution in [-0.4, -0.2) is 60.0 Å². The number of rotatable bonds is 5. The van der Waals surface area contributed by atoms with Crippen molar-refractivity contribution in [3.63, 3.8) is 0 Å². The number of hydrogen-bond donors (Lipinski definition) is 1. The minimum absolute atomic E-state index is 0.0639. The Morgan fingerprint density at radius 2 is 1.78 bits per heavy atom. The van der Waals surface area contributed by atoms with Crippen LogP contribution in [0, 0.1) is 23.5 Å². The third-order valence-electron chi connectivity index (χ3n) is 6.96. The summed E-state index contributed by atoms with van der Waals surface area (Å²) < 4.78 is 54.5. The van der Waals surface area contributed by atoms with Crippen LogP contribution >= 0.6 is 0 Å². The second kappa shape index (κ2) is 8.09. The minimum atomic E-state index is -2.87. The fourth-order valence-corrected chi connectivity index (χ4v) is 7.03. The van der Waals surface area contributed by atoms with E-state index in [0.717, 1.165) is 12.8 Å². The van der Waals surface area contributed by atoms with E-state index in [9.17, 15) is 22.0 Å². The lowest BCUT2D eigenvalue weighted by Crippen LogP contribution is -2.46. The Bertz CT molecular complexity index is 1080. The normalized spacial score (nSPS) is 26.2. The Morgan fingerprint density at radius 1 is 1.09 bits per heavy atom. The summed E-state index contributed by atoms with van der Waals surface area (Å²) in [5, 5.41) is 10.5. The van der Waals surface area contributed by atoms with Crippen molar-refractivity contribution in [2.75, 3.05) is 29.5 Å². The van der Waals surface area contributed by atoms with E-state index < -0.39 is 27.4 Å². The van der Waals surface area contributed by atoms with Crippen molar-refractivity contribution >= 4 is 21.4 Å². The first-order valence-corrected chi connectivity index (χ1v) is 12.7. The Hall–Kier alpha value is -2.56. The molecule has 3 aliphatic rings. The lowest BCUT2D eigenvalue weighted by molar-refractivity contribution is -0.120. The largest absolute Gasteiger partial charge is 0.367 e. The molecule has 0 saturated carbocycles. The quantitative estimate of drug-likeness (QED) is 0.719. The summed E-state index contributed by atoms with van der Waals surface area (Å²) in [5.41, 5.74) is 0.267. The van der Waals surface area contributed by atoms with Crippen molar-refractivity contribution in [2.24, 2.45) is 11.8 Å². The highest BCUT2D eigenvalue weighted by Gasteiger charge is 2.40. The molecular weight excluding hydrogens is 440 g/mol. The van der Waals surface area contributed by atoms with E-state index in [1.165, 1.54) is 12.1 Å². The molecular formula is C21H25F2N5O3S. The van der Waals surface area contributed by atoms with Gasteiger partial charge in [0.05, 0.1) is 30.2 Å². The summed E-state index contributed by atoms with van der Waals surface area (Å²) in [6.45, 7) is 1.42. The number of piperidine rings is 1. The van der Waals surface area contributed by atoms with Gasteiger partial charge in [-0.15, -0.1) is 5.10 Å². The van der Waals surface area contributed by atoms with Crippen LogP contribution in [0.1, 0.15) is 30.7 Å². The molecule has 5 rings (SSSR count). The van der Waals surface area contributed by atoms with Crippen LogP contribution < -0.4 is 10.2 Å². The molecule has 0 spiro atoms. The van der Waals surface area contributed by atoms with Gasteiger partial charge in [-0.3, -0.25) is 9.48 Å². The zero-order valence-electron chi connectivity index (χ0n) is 17.5. The first-order valence-electron chi connectivity index (χ1n) is 10.9. The van der Waals surface area contributed by atoms with Gasteiger partial charge in [-0.05, 0) is 48.8 Å². The summed E-state index contributed by atoms with van der Waals surface area (Å²) in [5.74, 6) is -1.29. The number of anilines is 1. The summed E-state index contributed by atoms with van der Waals surface area (Å²) in [4.78, 5) is 14.1. The fraction of sp³-hybridized carbons (Fsp3) is 0.571. The molecule has 1 aromatic carbocycles. The van der Waals surface area contributed by atoms with E-state index in [1.807, 2.05) is 0 Å². The zero-order valence-corrected chi connectivity index (χ0v) is 18.3. The molecule has 32 heavy (non-hydrogen) atoms. The average molecular weight is 466 g/mol. The van der Waals surface area contributed by atoms with Gasteiger partial charge in [-0.1, -0.05) is 5.21 Å². The smallest absolute Gasteiger partial charge is 0.227 e. The topological polar surface area (TPSA) is 97.2 Å². The Balaban J connectivity index is 1.25. The van der Waals surface area contributed by atoms with Crippen molar-refractivity contribution in [3.8, 4) is 0 Å². The minimum Gasteiger partial charge on any atom is -0.367 e. The number of carbonyl (C=O) groups excluding carboxylic acids is 1. The lowest BCUT2D eigenvalue weighted by Gasteiger charge is -2.40. The molecule has 4 heterocycles. The number of benzene rings is 1. The maximum atomic E-state index is 15.0. The molecule has 1 unspecified atom stereocenters. The van der Waals surface area contributed by atoms with Gasteiger partial charge in [0.2, 0.25) is 5.91 Å². The molecule has 8 nitrogen and oxygen atoms in total. The van der Waals surface area contributed by atoms with Gasteiger partial charge in [-0.2, -0.15) is 0 Å². The van der Waals surface area contributed by atoms with Gasteiger partial charge in [0, 0.05) is 25.3 Å². The van der Waals surface area contributed by atoms with Crippen LogP contribution in [-0.2, 0) is 21.2 Å². The molecule has 0 bridgehead atoms. The molecule has 0 radical (unpaired) electrons. The molecule has 3 saturated heterocycles. The van der Waals surface area contributed by atoms with Gasteiger partial charge in [-0.25, -0.2) is 17.2 Å². The first kappa shape index (κ1) is 21.3. The maximum absolute atomic E-state index is 15.0. The summed E-state index contributed by atoms with van der Waals surface area (Å²) in [7, 11) is -2.87. The Labute approximate surface area is 184 Å². The Kier molecular flexibility index (Phi) is 5.39. The van der Waals surface area contributed by atoms with Crippen LogP contribution in [0.2, 0.25) is 0 Å². The van der Waals surface area contributed by atoms with Crippen molar-refractivity contribution < 1.29 is 22.0 Å². The highest BCUT2D eigenvalue weighted by Crippen LogP contribution is 2.37. The predicted molar refractivity (Wildman–Crippen MR) is 113 cm³/mol. The molecule has 11 heteroatoms. The van der Waals surface area contributed by atoms with Gasteiger partial charge in [0.15, 0.2) is 9.84 Å². The van der Waals surface area contributed by atoms with E-state index in [1.54, 1.807) is 22.0 Å². The zero-order chi connectivity index (χ0) is 22.5. The Morgan fingerprint density at radius 3 is 2.38 bits per heavy atom. The number of aromatic nitrogens is 3. The molecule has 2 aromatic rings. The number of amides is 1. The highest BCUT2D eigenvalue weighted by atomic mass is 32.2. The van der Waals surface area contributed by atoms with Crippen molar-refractivity contribution in [2.45, 2.75) is 37.8 Å². The number of hydrogen-bond acceptors (Lipinski definition) is 6. The van der Waals surface area contributed by atoms with Crippen molar-refractivity contribution in [1.29, 1.82) is 0 Å². The van der Waals surface area contributed by atoms with Crippen LogP contribution in [0.5, 0.6) is 0 Å². The second-order valence-electron chi connectivity index (χ2n) is 9.11. The van der Waals surface area contributed by atoms with E-state index in [-0.39, 0.29) is 41.0 Å². The first-order chi connectivity index (χ1) is 15.3. The van der Waals surface area contributed by atoms with E-state index in [0.29, 0.717) is 31.6 Å². The summed E-state index contributed by atoms with van der Waals surface area (Å²) >= 11 is 0. The van der Waals surface area contributed by atoms with Crippen molar-refractivity contribution in [3.05, 3.63) is 41.7 Å². The van der Waals surface area contributed by atoms with Gasteiger partial charge in [0.25, 0.3) is 0 Å². The second-order valence-corrected chi connectivity index (χ2v) is 11.3. The molecule has 3 fully saturated rings. The molecule has 172 valence electrons. The molecule has 0 aliphatic carbocycles. The molecule has 1 aromatic heterocycles. The average Bonchev–Trinajstić information content (AvgIpc) is 3.36. The summed E-state index contributed by atoms with van der Waals surface area (Å²) in [6, 6.07) is 2.35. The monoisotopic (exact) mass is 465 g/mol. The number of nitrogens with one attached hydrogen (secondary N) is 1. The molecule has 1 amide bonds. The fourth-order valence-electron chi connectivity index (χ4n) is 5.27. The van der Waals surface area contributed by atoms with Gasteiger partial charge < -0.3 is 10.2 Å². The van der Waals surface area contributed by atoms with Crippen molar-refractivity contribution in [1.82, 2.24) is 20.3 Å². The van der Waals surface area contributed by atoms with Crippen LogP contribution in [0.3, 0.4) is 0 Å². The van der Waals surface area contributed by atoms with Crippen LogP contribution in [0.4, 0.5) is 14.5 Å². The van der Waals surface area contributed by atoms with Crippen LogP contribution in [0.25, 0.3) is 0 Å². The number of nitrogens with zero attached hydrogens (tertiary/aromatic N) is 4. The standard InChI is InChI=1S/C21H25F2N5O3S/c22-18-7-14(17-9-16(25-21(17)29)10-28-6-3-24-26-28)8-19(23)20(18)27-4-1-13(2-5-27)15-11-32(30,31)12-15/h3,6-8,13,15-17H,1-2,4-5,9-12H2,(H,25,29)/t16?,17-/m1/s1. The highest BCUT2D eigenvalue weighted by molar-refractivity contribution is 7.92. The van der Waals surface area contributed by atoms with Gasteiger partial charge in [0.1, 0.15) is 17.3 Å². The number of carbonyl (C=O) groups is 1. The third kappa shape index (κ3) is 4.10. The number of sulfone groups is 1. The van der Waals surface area contributed by atoms with Crippen LogP contribution in [0.15, 0.2) is 24.5 Å². The van der Waals surface area contributed by atoms with E-state index in [2.05, 4.69) is 15.6 Å². The molecule has 1 N–H and O–H groups in total. The molecule has 3 aliphatic heterocycles. The SMILES string of the molecule is O=C1NC(Cn2ccnn2)C[C@@H]1c1cc(F)c(N2CCC(C3CS(=O)(=O)C3)CC2)c(F)c1. The third-order valence-corrected chi connectivity index (χ3v) is 8.83. The lowest BCUT2D eigenvalue weighted by atomic mass is 9.85. The molecule has 2 atom stereocenters.